The SMILES string of the molecule is CC.CC.CC.CC.CC.CC.CC.CC.CC.CC(C)(C)c1cnccn1.CC(C)(C)c1cnncn1.CC(C)(C)c1nccnn1.CC(C)c1ccn[nH]1.CC(C)c1ccncn1.CC(C)c1ccnnc1.CC(C)c1cnc[nH]1.CC(C)c1ncc[nH]1.CC(C)c1ncncn1. The lowest BCUT2D eigenvalue weighted by Gasteiger charge is -2.15. The monoisotopic (exact) mass is 1380 g/mol. The first kappa shape index (κ1) is 110. The molecule has 564 valence electrons. The second-order valence-corrected chi connectivity index (χ2v) is 23.0. The quantitative estimate of drug-likeness (QED) is 0.139. The van der Waals surface area contributed by atoms with Gasteiger partial charge in [0, 0.05) is 107 Å². The molecule has 0 atom stereocenters. The van der Waals surface area contributed by atoms with E-state index in [2.05, 4.69) is 251 Å². The molecule has 3 N–H and O–H groups in total. The average Bonchev–Trinajstić information content (AvgIpc) is 1.89. The Kier molecular flexibility index (Phi) is 83.7. The smallest absolute Gasteiger partial charge is 0.156 e. The molecule has 21 nitrogen and oxygen atoms in total. The summed E-state index contributed by atoms with van der Waals surface area (Å²) in [4.78, 5) is 49.8. The summed E-state index contributed by atoms with van der Waals surface area (Å²) in [7, 11) is 0. The normalized spacial score (nSPS) is 9.30. The van der Waals surface area contributed by atoms with Crippen molar-refractivity contribution in [1.29, 1.82) is 0 Å². The molecule has 0 saturated heterocycles. The molecular weight excluding hydrogens is 1230 g/mol. The van der Waals surface area contributed by atoms with Crippen molar-refractivity contribution in [1.82, 2.24) is 106 Å². The van der Waals surface area contributed by atoms with Gasteiger partial charge in [-0.1, -0.05) is 270 Å². The molecule has 99 heavy (non-hydrogen) atoms. The van der Waals surface area contributed by atoms with Gasteiger partial charge in [0.25, 0.3) is 0 Å². The highest BCUT2D eigenvalue weighted by atomic mass is 15.1. The molecular formula is C78H147N21. The van der Waals surface area contributed by atoms with E-state index >= 15 is 0 Å². The van der Waals surface area contributed by atoms with Crippen LogP contribution >= 0.6 is 0 Å². The van der Waals surface area contributed by atoms with Crippen molar-refractivity contribution in [3.05, 3.63) is 182 Å². The number of imidazole rings is 2. The number of nitrogens with one attached hydrogen (secondary N) is 3. The van der Waals surface area contributed by atoms with E-state index in [1.165, 1.54) is 35.9 Å². The first-order chi connectivity index (χ1) is 47.1. The number of H-pyrrole nitrogens is 3. The van der Waals surface area contributed by atoms with Crippen LogP contribution < -0.4 is 0 Å². The summed E-state index contributed by atoms with van der Waals surface area (Å²) in [6, 6.07) is 5.91. The molecule has 0 amide bonds. The Labute approximate surface area is 606 Å². The highest BCUT2D eigenvalue weighted by molar-refractivity contribution is 5.10. The summed E-state index contributed by atoms with van der Waals surface area (Å²) in [5.74, 6) is 5.81. The van der Waals surface area contributed by atoms with E-state index in [9.17, 15) is 0 Å². The Bertz CT molecular complexity index is 2470. The van der Waals surface area contributed by atoms with Gasteiger partial charge < -0.3 is 9.97 Å². The van der Waals surface area contributed by atoms with E-state index in [-0.39, 0.29) is 16.2 Å². The Morgan fingerprint density at radius 2 is 0.848 bits per heavy atom. The number of aromatic nitrogens is 21. The third-order valence-electron chi connectivity index (χ3n) is 10.6. The van der Waals surface area contributed by atoms with Crippen LogP contribution in [0, 0.1) is 0 Å². The van der Waals surface area contributed by atoms with Gasteiger partial charge in [-0.2, -0.15) is 25.5 Å². The molecule has 0 fully saturated rings. The predicted molar refractivity (Wildman–Crippen MR) is 424 cm³/mol. The highest BCUT2D eigenvalue weighted by Gasteiger charge is 2.17. The zero-order valence-electron chi connectivity index (χ0n) is 70.1. The molecule has 0 unspecified atom stereocenters. The van der Waals surface area contributed by atoms with Crippen molar-refractivity contribution in [2.45, 2.75) is 322 Å². The van der Waals surface area contributed by atoms with Crippen LogP contribution in [0.2, 0.25) is 0 Å². The lowest BCUT2D eigenvalue weighted by molar-refractivity contribution is 0.533. The van der Waals surface area contributed by atoms with Gasteiger partial charge in [0.1, 0.15) is 37.0 Å². The van der Waals surface area contributed by atoms with Gasteiger partial charge in [-0.05, 0) is 47.4 Å². The van der Waals surface area contributed by atoms with E-state index in [0.717, 1.165) is 34.6 Å². The summed E-state index contributed by atoms with van der Waals surface area (Å²) in [6.45, 7) is 80.2. The van der Waals surface area contributed by atoms with Crippen LogP contribution in [0.4, 0.5) is 0 Å². The maximum absolute atomic E-state index is 4.19. The number of nitrogens with zero attached hydrogens (tertiary/aromatic N) is 18. The van der Waals surface area contributed by atoms with Crippen LogP contribution in [0.1, 0.15) is 357 Å². The molecule has 9 aromatic heterocycles. The summed E-state index contributed by atoms with van der Waals surface area (Å²) in [6.07, 6.45) is 30.5. The van der Waals surface area contributed by atoms with Gasteiger partial charge in [-0.25, -0.2) is 44.9 Å². The summed E-state index contributed by atoms with van der Waals surface area (Å²) >= 11 is 0. The maximum atomic E-state index is 4.19. The van der Waals surface area contributed by atoms with E-state index in [1.807, 2.05) is 155 Å². The fourth-order valence-corrected chi connectivity index (χ4v) is 5.50. The second kappa shape index (κ2) is 75.7. The number of rotatable bonds is 6. The maximum Gasteiger partial charge on any atom is 0.156 e. The third-order valence-corrected chi connectivity index (χ3v) is 10.6. The summed E-state index contributed by atoms with van der Waals surface area (Å²) in [5.41, 5.74) is 6.96. The van der Waals surface area contributed by atoms with Crippen LogP contribution in [0.5, 0.6) is 0 Å². The summed E-state index contributed by atoms with van der Waals surface area (Å²) < 4.78 is 0. The number of hydrogen-bond acceptors (Lipinski definition) is 18. The number of hydrogen-bond donors (Lipinski definition) is 3. The van der Waals surface area contributed by atoms with E-state index in [1.54, 1.807) is 80.8 Å². The molecule has 0 aromatic carbocycles. The standard InChI is InChI=1S/C8H12N2.2C7H11N3.2C7H10N2.C6H9N3.3C6H10N2.9C2H6/c1-8(2,3)7-6-9-4-5-10-7;1-7(2,3)6-4-9-10-5-8-6;1-7(2,3)6-8-4-5-9-10-6;1-6(2)7-3-4-8-5-9-7;1-6(2)7-3-4-8-9-5-7;1-5(2)6-8-3-7-4-9-6;1-5(2)6-3-7-4-8-6;1-5(2)6-7-3-4-8-6;1-5(2)6-3-4-7-8-6;9*1-2/h4-6H,1-3H3;2*4-5H,1-3H3;2*3-6H,1-2H3;3-5H,1-2H3;3*3-5H,1-2H3,(H,7,8);9*1-2H3. The van der Waals surface area contributed by atoms with Crippen LogP contribution in [0.25, 0.3) is 0 Å². The molecule has 0 spiro atoms. The minimum atomic E-state index is 0.00819. The molecule has 0 aliphatic carbocycles. The van der Waals surface area contributed by atoms with Crippen LogP contribution in [0.15, 0.2) is 130 Å². The van der Waals surface area contributed by atoms with Gasteiger partial charge in [0.15, 0.2) is 5.82 Å². The zero-order valence-corrected chi connectivity index (χ0v) is 70.1. The molecule has 0 radical (unpaired) electrons. The van der Waals surface area contributed by atoms with Gasteiger partial charge >= 0.3 is 0 Å². The van der Waals surface area contributed by atoms with Crippen LogP contribution in [-0.2, 0) is 16.2 Å². The molecule has 0 aliphatic heterocycles. The van der Waals surface area contributed by atoms with Crippen LogP contribution in [0.3, 0.4) is 0 Å². The first-order valence-electron chi connectivity index (χ1n) is 36.3. The van der Waals surface area contributed by atoms with E-state index in [4.69, 9.17) is 0 Å². The Morgan fingerprint density at radius 1 is 0.323 bits per heavy atom. The van der Waals surface area contributed by atoms with Crippen molar-refractivity contribution in [3.8, 4) is 0 Å². The Balaban J connectivity index is -0.000000128. The largest absolute Gasteiger partial charge is 0.348 e. The summed E-state index contributed by atoms with van der Waals surface area (Å²) in [5, 5.41) is 29.1. The number of aromatic amines is 3. The first-order valence-corrected chi connectivity index (χ1v) is 36.3. The van der Waals surface area contributed by atoms with Crippen LogP contribution in [-0.4, -0.2) is 106 Å². The van der Waals surface area contributed by atoms with E-state index < -0.39 is 0 Å². The second-order valence-electron chi connectivity index (χ2n) is 23.0. The van der Waals surface area contributed by atoms with Gasteiger partial charge in [0.2, 0.25) is 0 Å². The Morgan fingerprint density at radius 3 is 1.09 bits per heavy atom. The van der Waals surface area contributed by atoms with Crippen molar-refractivity contribution >= 4 is 0 Å². The predicted octanol–water partition coefficient (Wildman–Crippen LogP) is 22.1. The fraction of sp³-hybridized carbons (Fsp3) is 0.615. The molecule has 9 heterocycles. The lowest BCUT2D eigenvalue weighted by Crippen LogP contribution is -2.15. The highest BCUT2D eigenvalue weighted by Crippen LogP contribution is 2.19. The lowest BCUT2D eigenvalue weighted by atomic mass is 9.93. The molecule has 9 rings (SSSR count). The van der Waals surface area contributed by atoms with Crippen molar-refractivity contribution in [2.75, 3.05) is 0 Å². The zero-order chi connectivity index (χ0) is 78.9. The van der Waals surface area contributed by atoms with Crippen molar-refractivity contribution in [3.63, 3.8) is 0 Å². The topological polar surface area (TPSA) is 279 Å². The molecule has 9 aromatic rings. The molecule has 0 saturated carbocycles. The molecule has 21 heteroatoms. The Hall–Kier alpha value is -8.10. The van der Waals surface area contributed by atoms with Crippen molar-refractivity contribution in [2.24, 2.45) is 0 Å². The minimum absolute atomic E-state index is 0.00819. The van der Waals surface area contributed by atoms with Gasteiger partial charge in [-0.3, -0.25) is 15.1 Å². The van der Waals surface area contributed by atoms with Gasteiger partial charge in [-0.15, -0.1) is 10.2 Å². The minimum Gasteiger partial charge on any atom is -0.348 e. The molecule has 0 bridgehead atoms. The van der Waals surface area contributed by atoms with Crippen molar-refractivity contribution < 1.29 is 0 Å². The molecule has 0 aliphatic rings. The van der Waals surface area contributed by atoms with E-state index in [0.29, 0.717) is 35.5 Å². The third kappa shape index (κ3) is 65.6. The average molecular weight is 1380 g/mol. The fourth-order valence-electron chi connectivity index (χ4n) is 5.50. The van der Waals surface area contributed by atoms with Gasteiger partial charge in [0.05, 0.1) is 36.3 Å².